The number of hydrogen-bond acceptors (Lipinski definition) is 4. The number of carbonyl (C=O) groups excluding carboxylic acids is 2. The third-order valence-corrected chi connectivity index (χ3v) is 4.57. The highest BCUT2D eigenvalue weighted by Gasteiger charge is 2.23. The summed E-state index contributed by atoms with van der Waals surface area (Å²) >= 11 is 0. The number of ether oxygens (including phenoxy) is 1. The lowest BCUT2D eigenvalue weighted by Gasteiger charge is -2.18. The Morgan fingerprint density at radius 2 is 1.67 bits per heavy atom. The lowest BCUT2D eigenvalue weighted by atomic mass is 9.96. The average Bonchev–Trinajstić information content (AvgIpc) is 2.70. The number of nitriles is 1. The standard InChI is InChI=1S/C22H20N2O3/c1-27-22(26)19(12-6-7-13-23)24-21(25)20-17-10-4-2-8-15(17)14-16-9-3-5-11-18(16)20/h2-5,8-11,14,19H,6-7,12H2,1H3,(H,24,25)/t19-/m1/s1. The molecule has 0 aliphatic rings. The highest BCUT2D eigenvalue weighted by Crippen LogP contribution is 2.28. The van der Waals surface area contributed by atoms with E-state index >= 15 is 0 Å². The molecule has 0 aromatic heterocycles. The predicted octanol–water partition coefficient (Wildman–Crippen LogP) is 3.96. The van der Waals surface area contributed by atoms with Gasteiger partial charge in [-0.05, 0) is 40.5 Å². The Labute approximate surface area is 157 Å². The van der Waals surface area contributed by atoms with Crippen LogP contribution < -0.4 is 5.32 Å². The van der Waals surface area contributed by atoms with Gasteiger partial charge in [-0.1, -0.05) is 48.5 Å². The highest BCUT2D eigenvalue weighted by molar-refractivity contribution is 6.18. The van der Waals surface area contributed by atoms with Gasteiger partial charge in [0.05, 0.1) is 18.7 Å². The van der Waals surface area contributed by atoms with E-state index in [2.05, 4.69) is 5.32 Å². The molecule has 0 saturated carbocycles. The van der Waals surface area contributed by atoms with Crippen molar-refractivity contribution in [2.45, 2.75) is 25.3 Å². The van der Waals surface area contributed by atoms with E-state index in [-0.39, 0.29) is 5.91 Å². The molecule has 0 bridgehead atoms. The summed E-state index contributed by atoms with van der Waals surface area (Å²) in [6, 6.07) is 18.7. The minimum absolute atomic E-state index is 0.320. The fourth-order valence-electron chi connectivity index (χ4n) is 3.27. The first-order valence-corrected chi connectivity index (χ1v) is 8.82. The summed E-state index contributed by atoms with van der Waals surface area (Å²) in [6.45, 7) is 0. The summed E-state index contributed by atoms with van der Waals surface area (Å²) in [4.78, 5) is 25.2. The smallest absolute Gasteiger partial charge is 0.328 e. The molecule has 3 rings (SSSR count). The number of amides is 1. The van der Waals surface area contributed by atoms with Gasteiger partial charge in [-0.25, -0.2) is 4.79 Å². The minimum atomic E-state index is -0.784. The Hall–Kier alpha value is -3.39. The second kappa shape index (κ2) is 8.33. The van der Waals surface area contributed by atoms with Gasteiger partial charge in [0.15, 0.2) is 0 Å². The molecule has 0 aliphatic carbocycles. The first kappa shape index (κ1) is 18.4. The number of carbonyl (C=O) groups is 2. The quantitative estimate of drug-likeness (QED) is 0.410. The summed E-state index contributed by atoms with van der Waals surface area (Å²) in [5, 5.41) is 15.1. The number of unbranched alkanes of at least 4 members (excludes halogenated alkanes) is 1. The van der Waals surface area contributed by atoms with Crippen LogP contribution in [0.4, 0.5) is 0 Å². The van der Waals surface area contributed by atoms with Gasteiger partial charge >= 0.3 is 5.97 Å². The SMILES string of the molecule is COC(=O)[C@@H](CCCC#N)NC(=O)c1c2ccccc2cc2ccccc12. The molecule has 0 radical (unpaired) electrons. The van der Waals surface area contributed by atoms with Crippen molar-refractivity contribution in [1.82, 2.24) is 5.32 Å². The van der Waals surface area contributed by atoms with Gasteiger partial charge in [-0.15, -0.1) is 0 Å². The van der Waals surface area contributed by atoms with Crippen LogP contribution in [0.15, 0.2) is 54.6 Å². The highest BCUT2D eigenvalue weighted by atomic mass is 16.5. The van der Waals surface area contributed by atoms with Crippen LogP contribution in [-0.4, -0.2) is 25.0 Å². The maximum atomic E-state index is 13.2. The topological polar surface area (TPSA) is 79.2 Å². The normalized spacial score (nSPS) is 11.7. The van der Waals surface area contributed by atoms with Crippen molar-refractivity contribution in [3.05, 3.63) is 60.2 Å². The lowest BCUT2D eigenvalue weighted by molar-refractivity contribution is -0.143. The van der Waals surface area contributed by atoms with Gasteiger partial charge in [-0.2, -0.15) is 5.26 Å². The third kappa shape index (κ3) is 3.90. The maximum absolute atomic E-state index is 13.2. The van der Waals surface area contributed by atoms with Crippen LogP contribution in [0.5, 0.6) is 0 Å². The van der Waals surface area contributed by atoms with Crippen LogP contribution in [0.1, 0.15) is 29.6 Å². The number of nitrogens with one attached hydrogen (secondary N) is 1. The summed E-state index contributed by atoms with van der Waals surface area (Å²) in [5.41, 5.74) is 0.540. The van der Waals surface area contributed by atoms with Crippen LogP contribution >= 0.6 is 0 Å². The number of methoxy groups -OCH3 is 1. The fourth-order valence-corrected chi connectivity index (χ4v) is 3.27. The zero-order chi connectivity index (χ0) is 19.2. The second-order valence-electron chi connectivity index (χ2n) is 6.29. The van der Waals surface area contributed by atoms with Crippen molar-refractivity contribution < 1.29 is 14.3 Å². The maximum Gasteiger partial charge on any atom is 0.328 e. The van der Waals surface area contributed by atoms with Gasteiger partial charge < -0.3 is 10.1 Å². The Balaban J connectivity index is 2.02. The number of benzene rings is 3. The monoisotopic (exact) mass is 360 g/mol. The molecule has 5 heteroatoms. The van der Waals surface area contributed by atoms with Gasteiger partial charge in [0.2, 0.25) is 0 Å². The Kier molecular flexibility index (Phi) is 5.68. The van der Waals surface area contributed by atoms with Crippen molar-refractivity contribution in [3.8, 4) is 6.07 Å². The molecule has 0 unspecified atom stereocenters. The predicted molar refractivity (Wildman–Crippen MR) is 104 cm³/mol. The number of nitrogens with zero attached hydrogens (tertiary/aromatic N) is 1. The number of hydrogen-bond donors (Lipinski definition) is 1. The molecule has 0 spiro atoms. The molecular formula is C22H20N2O3. The molecule has 1 N–H and O–H groups in total. The molecule has 0 saturated heterocycles. The number of fused-ring (bicyclic) bond motifs is 2. The van der Waals surface area contributed by atoms with Crippen LogP contribution in [-0.2, 0) is 9.53 Å². The first-order valence-electron chi connectivity index (χ1n) is 8.82. The van der Waals surface area contributed by atoms with Crippen LogP contribution in [0.2, 0.25) is 0 Å². The summed E-state index contributed by atoms with van der Waals surface area (Å²) in [5.74, 6) is -0.832. The van der Waals surface area contributed by atoms with Gasteiger partial charge in [0.1, 0.15) is 6.04 Å². The molecule has 1 atom stereocenters. The van der Waals surface area contributed by atoms with Crippen molar-refractivity contribution in [1.29, 1.82) is 5.26 Å². The number of rotatable bonds is 6. The van der Waals surface area contributed by atoms with Crippen LogP contribution in [0.25, 0.3) is 21.5 Å². The van der Waals surface area contributed by atoms with E-state index in [9.17, 15) is 9.59 Å². The summed E-state index contributed by atoms with van der Waals surface area (Å²) in [6.07, 6.45) is 1.18. The minimum Gasteiger partial charge on any atom is -0.467 e. The van der Waals surface area contributed by atoms with E-state index in [1.54, 1.807) is 0 Å². The average molecular weight is 360 g/mol. The molecule has 5 nitrogen and oxygen atoms in total. The number of esters is 1. The van der Waals surface area contributed by atoms with E-state index < -0.39 is 12.0 Å². The van der Waals surface area contributed by atoms with Crippen molar-refractivity contribution in [2.24, 2.45) is 0 Å². The van der Waals surface area contributed by atoms with Gasteiger partial charge in [-0.3, -0.25) is 4.79 Å². The Morgan fingerprint density at radius 3 is 2.22 bits per heavy atom. The third-order valence-electron chi connectivity index (χ3n) is 4.57. The van der Waals surface area contributed by atoms with Crippen molar-refractivity contribution in [3.63, 3.8) is 0 Å². The van der Waals surface area contributed by atoms with Crippen LogP contribution in [0.3, 0.4) is 0 Å². The summed E-state index contributed by atoms with van der Waals surface area (Å²) < 4.78 is 4.82. The van der Waals surface area contributed by atoms with E-state index in [1.807, 2.05) is 60.7 Å². The van der Waals surface area contributed by atoms with Crippen LogP contribution in [0, 0.1) is 11.3 Å². The first-order chi connectivity index (χ1) is 13.2. The zero-order valence-electron chi connectivity index (χ0n) is 15.1. The molecule has 3 aromatic rings. The largest absolute Gasteiger partial charge is 0.467 e. The second-order valence-corrected chi connectivity index (χ2v) is 6.29. The summed E-state index contributed by atoms with van der Waals surface area (Å²) in [7, 11) is 1.29. The molecular weight excluding hydrogens is 340 g/mol. The lowest BCUT2D eigenvalue weighted by Crippen LogP contribution is -2.41. The molecule has 136 valence electrons. The van der Waals surface area contributed by atoms with Crippen molar-refractivity contribution >= 4 is 33.4 Å². The fraction of sp³-hybridized carbons (Fsp3) is 0.227. The Bertz CT molecular complexity index is 983. The molecule has 0 aliphatic heterocycles. The molecule has 3 aromatic carbocycles. The van der Waals surface area contributed by atoms with E-state index in [1.165, 1.54) is 7.11 Å². The molecule has 0 fully saturated rings. The molecule has 0 heterocycles. The Morgan fingerprint density at radius 1 is 1.07 bits per heavy atom. The van der Waals surface area contributed by atoms with Crippen molar-refractivity contribution in [2.75, 3.05) is 7.11 Å². The van der Waals surface area contributed by atoms with Gasteiger partial charge in [0, 0.05) is 6.42 Å². The van der Waals surface area contributed by atoms with E-state index in [0.717, 1.165) is 21.5 Å². The van der Waals surface area contributed by atoms with E-state index in [4.69, 9.17) is 10.00 Å². The van der Waals surface area contributed by atoms with Gasteiger partial charge in [0.25, 0.3) is 5.91 Å². The zero-order valence-corrected chi connectivity index (χ0v) is 15.1. The molecule has 1 amide bonds. The van der Waals surface area contributed by atoms with E-state index in [0.29, 0.717) is 24.8 Å². The molecule has 27 heavy (non-hydrogen) atoms.